The monoisotopic (exact) mass is 468 g/mol. The van der Waals surface area contributed by atoms with Gasteiger partial charge in [0.25, 0.3) is 0 Å². The number of aromatic nitrogens is 3. The maximum Gasteiger partial charge on any atom is 0.434 e. The van der Waals surface area contributed by atoms with Gasteiger partial charge in [-0.3, -0.25) is 4.57 Å². The molecule has 0 aliphatic rings. The largest absolute Gasteiger partial charge is 0.434 e. The van der Waals surface area contributed by atoms with E-state index in [-0.39, 0.29) is 11.5 Å². The molecule has 2 heterocycles. The molecule has 6 nitrogen and oxygen atoms in total. The van der Waals surface area contributed by atoms with Gasteiger partial charge < -0.3 is 0 Å². The van der Waals surface area contributed by atoms with Crippen LogP contribution < -0.4 is 5.14 Å². The number of nitrogens with two attached hydrogens (primary N) is 1. The summed E-state index contributed by atoms with van der Waals surface area (Å²) in [6.45, 7) is 0. The van der Waals surface area contributed by atoms with Crippen molar-refractivity contribution < 1.29 is 26.0 Å². The maximum absolute atomic E-state index is 14.3. The van der Waals surface area contributed by atoms with Crippen molar-refractivity contribution in [1.82, 2.24) is 14.5 Å². The minimum atomic E-state index is -4.74. The molecule has 2 aromatic carbocycles. The normalized spacial score (nSPS) is 12.3. The Balaban J connectivity index is 1.84. The summed E-state index contributed by atoms with van der Waals surface area (Å²) in [5.41, 5.74) is 2.25. The van der Waals surface area contributed by atoms with Gasteiger partial charge in [-0.25, -0.2) is 27.9 Å². The summed E-state index contributed by atoms with van der Waals surface area (Å²) in [6, 6.07) is 9.34. The Kier molecular flexibility index (Phi) is 5.15. The average molecular weight is 468 g/mol. The van der Waals surface area contributed by atoms with Crippen molar-refractivity contribution in [2.24, 2.45) is 5.14 Å². The SMILES string of the molecule is NS(=O)(=O)c1ccc(-n2cc(C(F)(F)F)nc2-c2ccc(-c3cscn3)cc2)cc1F. The molecule has 2 N–H and O–H groups in total. The molecule has 0 radical (unpaired) electrons. The second-order valence-corrected chi connectivity index (χ2v) is 8.68. The van der Waals surface area contributed by atoms with E-state index in [1.807, 2.05) is 5.38 Å². The van der Waals surface area contributed by atoms with Crippen LogP contribution in [0.3, 0.4) is 0 Å². The lowest BCUT2D eigenvalue weighted by atomic mass is 10.1. The molecule has 0 amide bonds. The van der Waals surface area contributed by atoms with Gasteiger partial charge in [-0.05, 0) is 18.2 Å². The van der Waals surface area contributed by atoms with Crippen molar-refractivity contribution in [2.75, 3.05) is 0 Å². The molecule has 31 heavy (non-hydrogen) atoms. The number of alkyl halides is 3. The zero-order valence-electron chi connectivity index (χ0n) is 15.3. The average Bonchev–Trinajstić information content (AvgIpc) is 3.37. The molecule has 0 spiro atoms. The highest BCUT2D eigenvalue weighted by Gasteiger charge is 2.35. The molecule has 2 aromatic heterocycles. The van der Waals surface area contributed by atoms with E-state index in [1.54, 1.807) is 29.8 Å². The topological polar surface area (TPSA) is 90.9 Å². The third-order valence-electron chi connectivity index (χ3n) is 4.37. The second kappa shape index (κ2) is 7.55. The lowest BCUT2D eigenvalue weighted by Crippen LogP contribution is -2.14. The summed E-state index contributed by atoms with van der Waals surface area (Å²) >= 11 is 1.41. The van der Waals surface area contributed by atoms with Crippen molar-refractivity contribution in [1.29, 1.82) is 0 Å². The Morgan fingerprint density at radius 2 is 1.71 bits per heavy atom. The van der Waals surface area contributed by atoms with Crippen LogP contribution in [0.5, 0.6) is 0 Å². The molecule has 0 saturated carbocycles. The Labute approximate surface area is 177 Å². The van der Waals surface area contributed by atoms with Crippen molar-refractivity contribution in [3.8, 4) is 28.3 Å². The fraction of sp³-hybridized carbons (Fsp3) is 0.0526. The number of thiazole rings is 1. The molecule has 0 aliphatic carbocycles. The Hall–Kier alpha value is -3.09. The van der Waals surface area contributed by atoms with Gasteiger partial charge in [-0.2, -0.15) is 13.2 Å². The first-order chi connectivity index (χ1) is 14.5. The first-order valence-electron chi connectivity index (χ1n) is 8.52. The summed E-state index contributed by atoms with van der Waals surface area (Å²) < 4.78 is 78.1. The minimum absolute atomic E-state index is 0.0496. The van der Waals surface area contributed by atoms with Crippen LogP contribution in [0.4, 0.5) is 17.6 Å². The number of halogens is 4. The Morgan fingerprint density at radius 3 is 2.26 bits per heavy atom. The van der Waals surface area contributed by atoms with E-state index in [1.165, 1.54) is 11.3 Å². The van der Waals surface area contributed by atoms with E-state index in [2.05, 4.69) is 9.97 Å². The molecule has 0 saturated heterocycles. The van der Waals surface area contributed by atoms with Gasteiger partial charge in [-0.15, -0.1) is 11.3 Å². The molecule has 0 aliphatic heterocycles. The van der Waals surface area contributed by atoms with E-state index in [0.717, 1.165) is 40.2 Å². The Morgan fingerprint density at radius 1 is 1.03 bits per heavy atom. The number of primary sulfonamides is 1. The van der Waals surface area contributed by atoms with Gasteiger partial charge in [0, 0.05) is 22.7 Å². The number of hydrogen-bond acceptors (Lipinski definition) is 5. The predicted octanol–water partition coefficient (Wildman–Crippen LogP) is 4.47. The Bertz CT molecular complexity index is 1350. The minimum Gasteiger partial charge on any atom is -0.299 e. The van der Waals surface area contributed by atoms with Gasteiger partial charge >= 0.3 is 6.18 Å². The van der Waals surface area contributed by atoms with Crippen LogP contribution in [-0.2, 0) is 16.2 Å². The van der Waals surface area contributed by atoms with E-state index in [4.69, 9.17) is 5.14 Å². The second-order valence-electron chi connectivity index (χ2n) is 6.43. The molecule has 0 atom stereocenters. The molecule has 12 heteroatoms. The highest BCUT2D eigenvalue weighted by atomic mass is 32.2. The first kappa shape index (κ1) is 21.2. The van der Waals surface area contributed by atoms with Gasteiger partial charge in [-0.1, -0.05) is 24.3 Å². The van der Waals surface area contributed by atoms with Gasteiger partial charge in [0.1, 0.15) is 16.5 Å². The zero-order valence-corrected chi connectivity index (χ0v) is 17.0. The molecular formula is C19H12F4N4O2S2. The van der Waals surface area contributed by atoms with Crippen LogP contribution in [0.2, 0.25) is 0 Å². The number of nitrogens with zero attached hydrogens (tertiary/aromatic N) is 3. The van der Waals surface area contributed by atoms with E-state index in [0.29, 0.717) is 5.56 Å². The molecule has 0 unspecified atom stereocenters. The quantitative estimate of drug-likeness (QED) is 0.448. The van der Waals surface area contributed by atoms with Crippen molar-refractivity contribution in [3.05, 3.63) is 71.1 Å². The van der Waals surface area contributed by atoms with Crippen LogP contribution in [0.15, 0.2) is 64.4 Å². The van der Waals surface area contributed by atoms with E-state index < -0.39 is 32.6 Å². The van der Waals surface area contributed by atoms with Crippen molar-refractivity contribution in [2.45, 2.75) is 11.1 Å². The summed E-state index contributed by atoms with van der Waals surface area (Å²) in [6.07, 6.45) is -4.02. The third kappa shape index (κ3) is 4.22. The summed E-state index contributed by atoms with van der Waals surface area (Å²) in [7, 11) is -4.32. The number of hydrogen-bond donors (Lipinski definition) is 1. The number of sulfonamides is 1. The van der Waals surface area contributed by atoms with Crippen LogP contribution in [-0.4, -0.2) is 23.0 Å². The smallest absolute Gasteiger partial charge is 0.299 e. The zero-order chi connectivity index (χ0) is 22.4. The van der Waals surface area contributed by atoms with Gasteiger partial charge in [0.2, 0.25) is 10.0 Å². The van der Waals surface area contributed by atoms with E-state index in [9.17, 15) is 26.0 Å². The fourth-order valence-corrected chi connectivity index (χ4v) is 4.08. The summed E-state index contributed by atoms with van der Waals surface area (Å²) in [5.74, 6) is -1.29. The van der Waals surface area contributed by atoms with Crippen LogP contribution in [0.25, 0.3) is 28.3 Å². The number of benzene rings is 2. The lowest BCUT2D eigenvalue weighted by Gasteiger charge is -2.10. The van der Waals surface area contributed by atoms with Crippen LogP contribution in [0.1, 0.15) is 5.69 Å². The number of imidazole rings is 1. The van der Waals surface area contributed by atoms with Crippen LogP contribution >= 0.6 is 11.3 Å². The highest BCUT2D eigenvalue weighted by Crippen LogP contribution is 2.33. The lowest BCUT2D eigenvalue weighted by molar-refractivity contribution is -0.140. The molecule has 4 aromatic rings. The first-order valence-corrected chi connectivity index (χ1v) is 11.0. The standard InChI is InChI=1S/C19H12F4N4O2S2/c20-14-7-13(5-6-16(14)31(24,28)29)27-8-17(19(21,22)23)26-18(27)12-3-1-11(2-4-12)15-9-30-10-25-15/h1-10H,(H2,24,28,29). The molecule has 160 valence electrons. The summed E-state index contributed by atoms with van der Waals surface area (Å²) in [5, 5.41) is 6.77. The molecule has 0 bridgehead atoms. The van der Waals surface area contributed by atoms with Gasteiger partial charge in [0.15, 0.2) is 5.69 Å². The van der Waals surface area contributed by atoms with Crippen LogP contribution in [0, 0.1) is 5.82 Å². The predicted molar refractivity (Wildman–Crippen MR) is 106 cm³/mol. The summed E-state index contributed by atoms with van der Waals surface area (Å²) in [4.78, 5) is 7.09. The molecule has 4 rings (SSSR count). The highest BCUT2D eigenvalue weighted by molar-refractivity contribution is 7.89. The number of rotatable bonds is 4. The van der Waals surface area contributed by atoms with Crippen molar-refractivity contribution in [3.63, 3.8) is 0 Å². The maximum atomic E-state index is 14.3. The fourth-order valence-electron chi connectivity index (χ4n) is 2.93. The molecular weight excluding hydrogens is 456 g/mol. The third-order valence-corrected chi connectivity index (χ3v) is 5.90. The van der Waals surface area contributed by atoms with E-state index >= 15 is 0 Å². The molecule has 0 fully saturated rings. The van der Waals surface area contributed by atoms with Gasteiger partial charge in [0.05, 0.1) is 16.9 Å². The van der Waals surface area contributed by atoms with Crippen molar-refractivity contribution >= 4 is 21.4 Å².